The van der Waals surface area contributed by atoms with Crippen molar-refractivity contribution in [3.63, 3.8) is 0 Å². The Labute approximate surface area is 180 Å². The van der Waals surface area contributed by atoms with Crippen LogP contribution in [0.4, 0.5) is 11.4 Å². The first-order valence-electron chi connectivity index (χ1n) is 10.1. The van der Waals surface area contributed by atoms with Crippen LogP contribution in [0.25, 0.3) is 0 Å². The van der Waals surface area contributed by atoms with Crippen molar-refractivity contribution in [2.75, 3.05) is 17.2 Å². The molecule has 0 radical (unpaired) electrons. The van der Waals surface area contributed by atoms with Crippen LogP contribution in [0.2, 0.25) is 0 Å². The Morgan fingerprint density at radius 2 is 1.55 bits per heavy atom. The predicted octanol–water partition coefficient (Wildman–Crippen LogP) is 4.22. The van der Waals surface area contributed by atoms with Crippen molar-refractivity contribution in [3.05, 3.63) is 95.1 Å². The molecule has 4 rings (SSSR count). The Morgan fingerprint density at radius 1 is 0.806 bits per heavy atom. The molecule has 0 atom stereocenters. The van der Waals surface area contributed by atoms with Crippen molar-refractivity contribution < 1.29 is 19.1 Å². The summed E-state index contributed by atoms with van der Waals surface area (Å²) in [6.45, 7) is -0.440. The molecule has 1 aliphatic carbocycles. The summed E-state index contributed by atoms with van der Waals surface area (Å²) >= 11 is 0. The number of nitrogens with one attached hydrogen (secondary N) is 2. The summed E-state index contributed by atoms with van der Waals surface area (Å²) in [6, 6.07) is 21.2. The molecule has 0 unspecified atom stereocenters. The topological polar surface area (TPSA) is 84.5 Å². The Bertz CT molecular complexity index is 1130. The van der Waals surface area contributed by atoms with E-state index in [2.05, 4.69) is 10.6 Å². The van der Waals surface area contributed by atoms with Crippen LogP contribution in [0.5, 0.6) is 0 Å². The van der Waals surface area contributed by atoms with Gasteiger partial charge in [-0.05, 0) is 66.8 Å². The summed E-state index contributed by atoms with van der Waals surface area (Å²) in [6.07, 6.45) is 3.08. The lowest BCUT2D eigenvalue weighted by atomic mass is 10.1. The number of aryl methyl sites for hydroxylation is 2. The van der Waals surface area contributed by atoms with Gasteiger partial charge in [-0.3, -0.25) is 9.59 Å². The lowest BCUT2D eigenvalue weighted by Gasteiger charge is -2.12. The molecule has 0 bridgehead atoms. The molecule has 0 fully saturated rings. The average Bonchev–Trinajstić information content (AvgIpc) is 3.26. The maximum Gasteiger partial charge on any atom is 0.338 e. The second-order valence-electron chi connectivity index (χ2n) is 7.33. The molecule has 6 nitrogen and oxygen atoms in total. The van der Waals surface area contributed by atoms with Gasteiger partial charge in [-0.25, -0.2) is 4.79 Å². The van der Waals surface area contributed by atoms with Gasteiger partial charge in [0.15, 0.2) is 6.61 Å². The van der Waals surface area contributed by atoms with Gasteiger partial charge in [0.05, 0.1) is 16.8 Å². The van der Waals surface area contributed by atoms with E-state index in [-0.39, 0.29) is 5.91 Å². The summed E-state index contributed by atoms with van der Waals surface area (Å²) in [7, 11) is 0. The van der Waals surface area contributed by atoms with Crippen LogP contribution >= 0.6 is 0 Å². The lowest BCUT2D eigenvalue weighted by molar-refractivity contribution is -0.119. The van der Waals surface area contributed by atoms with Gasteiger partial charge in [0.2, 0.25) is 0 Å². The molecule has 156 valence electrons. The molecule has 0 aromatic heterocycles. The van der Waals surface area contributed by atoms with Gasteiger partial charge in [-0.2, -0.15) is 0 Å². The number of esters is 1. The van der Waals surface area contributed by atoms with E-state index in [4.69, 9.17) is 4.74 Å². The van der Waals surface area contributed by atoms with E-state index in [0.29, 0.717) is 22.5 Å². The summed E-state index contributed by atoms with van der Waals surface area (Å²) < 4.78 is 5.17. The van der Waals surface area contributed by atoms with Gasteiger partial charge in [-0.1, -0.05) is 36.4 Å². The minimum Gasteiger partial charge on any atom is -0.452 e. The molecule has 0 heterocycles. The van der Waals surface area contributed by atoms with Crippen LogP contribution in [-0.2, 0) is 22.4 Å². The third kappa shape index (κ3) is 4.98. The van der Waals surface area contributed by atoms with Crippen molar-refractivity contribution in [2.24, 2.45) is 0 Å². The standard InChI is InChI=1S/C25H22N2O4/c28-23(16-31-25(30)19-14-13-17-7-6-8-18(17)15-19)27-22-12-5-4-11-21(22)24(29)26-20-9-2-1-3-10-20/h1-5,9-15H,6-8,16H2,(H,26,29)(H,27,28). The number of ether oxygens (including phenoxy) is 1. The highest BCUT2D eigenvalue weighted by atomic mass is 16.5. The quantitative estimate of drug-likeness (QED) is 0.592. The van der Waals surface area contributed by atoms with E-state index in [0.717, 1.165) is 24.8 Å². The van der Waals surface area contributed by atoms with Crippen LogP contribution in [0, 0.1) is 0 Å². The molecule has 0 saturated carbocycles. The molecule has 0 aliphatic heterocycles. The van der Waals surface area contributed by atoms with E-state index in [1.807, 2.05) is 30.3 Å². The number of hydrogen-bond acceptors (Lipinski definition) is 4. The molecular formula is C25H22N2O4. The minimum atomic E-state index is -0.542. The number of para-hydroxylation sites is 2. The van der Waals surface area contributed by atoms with Gasteiger partial charge in [0.1, 0.15) is 0 Å². The Kier molecular flexibility index (Phi) is 6.08. The third-order valence-corrected chi connectivity index (χ3v) is 5.15. The fraction of sp³-hybridized carbons (Fsp3) is 0.160. The van der Waals surface area contributed by atoms with E-state index in [1.165, 1.54) is 5.56 Å². The van der Waals surface area contributed by atoms with E-state index in [1.54, 1.807) is 42.5 Å². The SMILES string of the molecule is O=C(COC(=O)c1ccc2c(c1)CCC2)Nc1ccccc1C(=O)Nc1ccccc1. The van der Waals surface area contributed by atoms with E-state index < -0.39 is 18.5 Å². The molecule has 2 amide bonds. The smallest absolute Gasteiger partial charge is 0.338 e. The summed E-state index contributed by atoms with van der Waals surface area (Å²) in [4.78, 5) is 37.3. The van der Waals surface area contributed by atoms with Crippen LogP contribution in [-0.4, -0.2) is 24.4 Å². The molecule has 0 saturated heterocycles. The average molecular weight is 414 g/mol. The molecule has 31 heavy (non-hydrogen) atoms. The molecule has 2 N–H and O–H groups in total. The van der Waals surface area contributed by atoms with Crippen molar-refractivity contribution in [1.29, 1.82) is 0 Å². The highest BCUT2D eigenvalue weighted by molar-refractivity contribution is 6.10. The first-order valence-corrected chi connectivity index (χ1v) is 10.1. The van der Waals surface area contributed by atoms with Crippen molar-refractivity contribution in [1.82, 2.24) is 0 Å². The van der Waals surface area contributed by atoms with Crippen molar-refractivity contribution in [3.8, 4) is 0 Å². The number of carbonyl (C=O) groups excluding carboxylic acids is 3. The maximum absolute atomic E-state index is 12.6. The van der Waals surface area contributed by atoms with Crippen LogP contribution in [0.1, 0.15) is 38.3 Å². The number of carbonyl (C=O) groups is 3. The molecule has 1 aliphatic rings. The lowest BCUT2D eigenvalue weighted by Crippen LogP contribution is -2.23. The summed E-state index contributed by atoms with van der Waals surface area (Å²) in [5.74, 6) is -1.41. The number of rotatable bonds is 6. The predicted molar refractivity (Wildman–Crippen MR) is 118 cm³/mol. The highest BCUT2D eigenvalue weighted by Gasteiger charge is 2.17. The Balaban J connectivity index is 1.36. The number of fused-ring (bicyclic) bond motifs is 1. The van der Waals surface area contributed by atoms with Gasteiger partial charge in [0, 0.05) is 5.69 Å². The zero-order valence-corrected chi connectivity index (χ0v) is 16.9. The van der Waals surface area contributed by atoms with Crippen molar-refractivity contribution in [2.45, 2.75) is 19.3 Å². The number of benzene rings is 3. The van der Waals surface area contributed by atoms with Crippen LogP contribution in [0.15, 0.2) is 72.8 Å². The maximum atomic E-state index is 12.6. The second kappa shape index (κ2) is 9.26. The molecule has 3 aromatic rings. The zero-order valence-electron chi connectivity index (χ0n) is 16.9. The Morgan fingerprint density at radius 3 is 2.39 bits per heavy atom. The van der Waals surface area contributed by atoms with Crippen LogP contribution < -0.4 is 10.6 Å². The normalized spacial score (nSPS) is 12.0. The van der Waals surface area contributed by atoms with Gasteiger partial charge < -0.3 is 15.4 Å². The van der Waals surface area contributed by atoms with Crippen molar-refractivity contribution >= 4 is 29.2 Å². The first-order chi connectivity index (χ1) is 15.1. The van der Waals surface area contributed by atoms with Gasteiger partial charge in [-0.15, -0.1) is 0 Å². The second-order valence-corrected chi connectivity index (χ2v) is 7.33. The van der Waals surface area contributed by atoms with Crippen LogP contribution in [0.3, 0.4) is 0 Å². The zero-order chi connectivity index (χ0) is 21.6. The fourth-order valence-electron chi connectivity index (χ4n) is 3.61. The van der Waals surface area contributed by atoms with Gasteiger partial charge in [0.25, 0.3) is 11.8 Å². The van der Waals surface area contributed by atoms with Gasteiger partial charge >= 0.3 is 5.97 Å². The Hall–Kier alpha value is -3.93. The minimum absolute atomic E-state index is 0.310. The monoisotopic (exact) mass is 414 g/mol. The molecule has 3 aromatic carbocycles. The first kappa shape index (κ1) is 20.3. The summed E-state index contributed by atoms with van der Waals surface area (Å²) in [5, 5.41) is 5.44. The number of hydrogen-bond donors (Lipinski definition) is 2. The summed E-state index contributed by atoms with van der Waals surface area (Å²) in [5.41, 5.74) is 4.17. The van der Waals surface area contributed by atoms with E-state index in [9.17, 15) is 14.4 Å². The molecule has 0 spiro atoms. The number of anilines is 2. The molecular weight excluding hydrogens is 392 g/mol. The molecule has 6 heteroatoms. The number of amides is 2. The highest BCUT2D eigenvalue weighted by Crippen LogP contribution is 2.23. The largest absolute Gasteiger partial charge is 0.452 e. The van der Waals surface area contributed by atoms with E-state index >= 15 is 0 Å². The third-order valence-electron chi connectivity index (χ3n) is 5.15. The fourth-order valence-corrected chi connectivity index (χ4v) is 3.61.